The molecule has 0 saturated carbocycles. The Labute approximate surface area is 145 Å². The van der Waals surface area contributed by atoms with Gasteiger partial charge in [-0.15, -0.1) is 0 Å². The lowest BCUT2D eigenvalue weighted by Gasteiger charge is -2.11. The van der Waals surface area contributed by atoms with Gasteiger partial charge in [0.25, 0.3) is 0 Å². The summed E-state index contributed by atoms with van der Waals surface area (Å²) >= 11 is 0. The van der Waals surface area contributed by atoms with Gasteiger partial charge in [-0.1, -0.05) is 38.1 Å². The van der Waals surface area contributed by atoms with Gasteiger partial charge < -0.3 is 5.11 Å². The predicted octanol–water partition coefficient (Wildman–Crippen LogP) is 4.58. The maximum Gasteiger partial charge on any atom is 0.337 e. The van der Waals surface area contributed by atoms with E-state index in [1.54, 1.807) is 36.4 Å². The van der Waals surface area contributed by atoms with Gasteiger partial charge in [-0.3, -0.25) is 0 Å². The lowest BCUT2D eigenvalue weighted by atomic mass is 10.1. The van der Waals surface area contributed by atoms with Crippen molar-refractivity contribution in [2.75, 3.05) is 0 Å². The fourth-order valence-corrected chi connectivity index (χ4v) is 2.83. The second kappa shape index (κ2) is 6.89. The molecule has 0 atom stereocenters. The molecule has 25 heavy (non-hydrogen) atoms. The zero-order chi connectivity index (χ0) is 18.0. The average Bonchev–Trinajstić information content (AvgIpc) is 2.97. The van der Waals surface area contributed by atoms with E-state index in [1.807, 2.05) is 6.07 Å². The molecule has 4 nitrogen and oxygen atoms in total. The van der Waals surface area contributed by atoms with Crippen LogP contribution in [0.2, 0.25) is 0 Å². The summed E-state index contributed by atoms with van der Waals surface area (Å²) < 4.78 is 15.9. The first-order valence-corrected chi connectivity index (χ1v) is 8.14. The molecule has 0 fully saturated rings. The molecule has 5 heteroatoms. The van der Waals surface area contributed by atoms with Crippen LogP contribution in [0.4, 0.5) is 4.39 Å². The van der Waals surface area contributed by atoms with Crippen molar-refractivity contribution in [2.24, 2.45) is 5.92 Å². The Morgan fingerprint density at radius 3 is 2.52 bits per heavy atom. The van der Waals surface area contributed by atoms with Crippen LogP contribution in [-0.2, 0) is 6.42 Å². The molecule has 1 heterocycles. The number of aromatic carboxylic acids is 1. The fraction of sp³-hybridized carbons (Fsp3) is 0.200. The third-order valence-electron chi connectivity index (χ3n) is 3.89. The standard InChI is InChI=1S/C20H19FN2O2/c1-13(2)11-14-12-19(15-7-3-5-9-17(15)21)23(22-14)18-10-6-4-8-16(18)20(24)25/h3-10,12-13H,11H2,1-2H3,(H,24,25). The normalized spacial score (nSPS) is 11.0. The molecule has 0 amide bonds. The fourth-order valence-electron chi connectivity index (χ4n) is 2.83. The zero-order valence-corrected chi connectivity index (χ0v) is 14.1. The lowest BCUT2D eigenvalue weighted by Crippen LogP contribution is -2.08. The molecule has 2 aromatic carbocycles. The number of carboxylic acid groups (broad SMARTS) is 1. The first-order valence-electron chi connectivity index (χ1n) is 8.14. The Morgan fingerprint density at radius 1 is 1.16 bits per heavy atom. The van der Waals surface area contributed by atoms with E-state index in [2.05, 4.69) is 18.9 Å². The van der Waals surface area contributed by atoms with Crippen molar-refractivity contribution in [3.8, 4) is 16.9 Å². The van der Waals surface area contributed by atoms with Crippen LogP contribution in [0, 0.1) is 11.7 Å². The van der Waals surface area contributed by atoms with Gasteiger partial charge in [0.15, 0.2) is 0 Å². The number of benzene rings is 2. The van der Waals surface area contributed by atoms with Gasteiger partial charge in [0.1, 0.15) is 5.82 Å². The summed E-state index contributed by atoms with van der Waals surface area (Å²) in [7, 11) is 0. The van der Waals surface area contributed by atoms with Crippen LogP contribution < -0.4 is 0 Å². The van der Waals surface area contributed by atoms with E-state index in [1.165, 1.54) is 16.8 Å². The quantitative estimate of drug-likeness (QED) is 0.741. The second-order valence-corrected chi connectivity index (χ2v) is 6.33. The van der Waals surface area contributed by atoms with E-state index in [4.69, 9.17) is 0 Å². The van der Waals surface area contributed by atoms with Crippen LogP contribution in [0.25, 0.3) is 16.9 Å². The maximum absolute atomic E-state index is 14.3. The molecule has 0 unspecified atom stereocenters. The molecule has 3 aromatic rings. The summed E-state index contributed by atoms with van der Waals surface area (Å²) in [4.78, 5) is 11.6. The van der Waals surface area contributed by atoms with Gasteiger partial charge in [-0.05, 0) is 42.7 Å². The van der Waals surface area contributed by atoms with Crippen LogP contribution >= 0.6 is 0 Å². The monoisotopic (exact) mass is 338 g/mol. The smallest absolute Gasteiger partial charge is 0.337 e. The van der Waals surface area contributed by atoms with E-state index in [0.29, 0.717) is 22.9 Å². The Balaban J connectivity index is 2.24. The van der Waals surface area contributed by atoms with Gasteiger partial charge in [0, 0.05) is 5.56 Å². The molecule has 3 rings (SSSR count). The first kappa shape index (κ1) is 16.9. The van der Waals surface area contributed by atoms with Crippen molar-refractivity contribution in [1.29, 1.82) is 0 Å². The highest BCUT2D eigenvalue weighted by Crippen LogP contribution is 2.28. The third kappa shape index (κ3) is 3.45. The number of halogens is 1. The van der Waals surface area contributed by atoms with Crippen molar-refractivity contribution >= 4 is 5.97 Å². The lowest BCUT2D eigenvalue weighted by molar-refractivity contribution is 0.0696. The summed E-state index contributed by atoms with van der Waals surface area (Å²) in [5.74, 6) is -1.03. The number of hydrogen-bond acceptors (Lipinski definition) is 2. The topological polar surface area (TPSA) is 55.1 Å². The van der Waals surface area contributed by atoms with Crippen LogP contribution in [0.3, 0.4) is 0 Å². The van der Waals surface area contributed by atoms with E-state index in [-0.39, 0.29) is 11.4 Å². The number of para-hydroxylation sites is 1. The highest BCUT2D eigenvalue weighted by molar-refractivity contribution is 5.92. The molecule has 0 aliphatic heterocycles. The van der Waals surface area contributed by atoms with E-state index in [9.17, 15) is 14.3 Å². The molecule has 0 bridgehead atoms. The molecule has 0 radical (unpaired) electrons. The zero-order valence-electron chi connectivity index (χ0n) is 14.1. The molecule has 0 aliphatic carbocycles. The van der Waals surface area contributed by atoms with Crippen molar-refractivity contribution in [2.45, 2.75) is 20.3 Å². The van der Waals surface area contributed by atoms with Crippen molar-refractivity contribution < 1.29 is 14.3 Å². The molecule has 0 saturated heterocycles. The van der Waals surface area contributed by atoms with Crippen LogP contribution in [-0.4, -0.2) is 20.9 Å². The number of carboxylic acids is 1. The van der Waals surface area contributed by atoms with Crippen LogP contribution in [0.5, 0.6) is 0 Å². The number of aromatic nitrogens is 2. The first-order chi connectivity index (χ1) is 12.0. The molecular formula is C20H19FN2O2. The van der Waals surface area contributed by atoms with Crippen molar-refractivity contribution in [3.05, 3.63) is 71.7 Å². The van der Waals surface area contributed by atoms with E-state index < -0.39 is 5.97 Å². The minimum Gasteiger partial charge on any atom is -0.478 e. The average molecular weight is 338 g/mol. The highest BCUT2D eigenvalue weighted by Gasteiger charge is 2.19. The van der Waals surface area contributed by atoms with Crippen LogP contribution in [0.1, 0.15) is 29.9 Å². The predicted molar refractivity (Wildman–Crippen MR) is 94.5 cm³/mol. The third-order valence-corrected chi connectivity index (χ3v) is 3.89. The van der Waals surface area contributed by atoms with Crippen LogP contribution in [0.15, 0.2) is 54.6 Å². The molecule has 0 aliphatic rings. The number of rotatable bonds is 5. The van der Waals surface area contributed by atoms with Gasteiger partial charge >= 0.3 is 5.97 Å². The Bertz CT molecular complexity index is 916. The number of carbonyl (C=O) groups is 1. The maximum atomic E-state index is 14.3. The second-order valence-electron chi connectivity index (χ2n) is 6.33. The van der Waals surface area contributed by atoms with Gasteiger partial charge in [0.2, 0.25) is 0 Å². The molecule has 1 aromatic heterocycles. The summed E-state index contributed by atoms with van der Waals surface area (Å²) in [6.45, 7) is 4.15. The van der Waals surface area contributed by atoms with Crippen molar-refractivity contribution in [1.82, 2.24) is 9.78 Å². The van der Waals surface area contributed by atoms with E-state index >= 15 is 0 Å². The molecule has 128 valence electrons. The minimum absolute atomic E-state index is 0.124. The number of hydrogen-bond donors (Lipinski definition) is 1. The highest BCUT2D eigenvalue weighted by atomic mass is 19.1. The largest absolute Gasteiger partial charge is 0.478 e. The summed E-state index contributed by atoms with van der Waals surface area (Å²) in [5, 5.41) is 14.0. The summed E-state index contributed by atoms with van der Waals surface area (Å²) in [6.07, 6.45) is 0.726. The van der Waals surface area contributed by atoms with Crippen molar-refractivity contribution in [3.63, 3.8) is 0 Å². The minimum atomic E-state index is -1.05. The molecule has 1 N–H and O–H groups in total. The summed E-state index contributed by atoms with van der Waals surface area (Å²) in [5.41, 5.74) is 2.28. The SMILES string of the molecule is CC(C)Cc1cc(-c2ccccc2F)n(-c2ccccc2C(=O)O)n1. The number of nitrogens with zero attached hydrogens (tertiary/aromatic N) is 2. The van der Waals surface area contributed by atoms with Gasteiger partial charge in [-0.25, -0.2) is 13.9 Å². The van der Waals surface area contributed by atoms with Gasteiger partial charge in [0.05, 0.1) is 22.6 Å². The summed E-state index contributed by atoms with van der Waals surface area (Å²) in [6, 6.07) is 14.9. The molecule has 0 spiro atoms. The Hall–Kier alpha value is -2.95. The van der Waals surface area contributed by atoms with E-state index in [0.717, 1.165) is 12.1 Å². The Kier molecular flexibility index (Phi) is 4.65. The Morgan fingerprint density at radius 2 is 1.84 bits per heavy atom. The molecular weight excluding hydrogens is 319 g/mol. The van der Waals surface area contributed by atoms with Gasteiger partial charge in [-0.2, -0.15) is 5.10 Å².